The number of benzene rings is 1. The normalized spacial score (nSPS) is 16.7. The van der Waals surface area contributed by atoms with Crippen LogP contribution in [0.3, 0.4) is 0 Å². The minimum Gasteiger partial charge on any atom is -0.345 e. The second kappa shape index (κ2) is 6.44. The molecule has 134 valence electrons. The van der Waals surface area contributed by atoms with Gasteiger partial charge in [-0.05, 0) is 38.1 Å². The molecule has 1 N–H and O–H groups in total. The van der Waals surface area contributed by atoms with E-state index in [4.69, 9.17) is 0 Å². The molecule has 1 aromatic carbocycles. The maximum absolute atomic E-state index is 12.7. The largest absolute Gasteiger partial charge is 0.345 e. The van der Waals surface area contributed by atoms with Crippen molar-refractivity contribution in [3.05, 3.63) is 63.8 Å². The van der Waals surface area contributed by atoms with E-state index < -0.39 is 0 Å². The van der Waals surface area contributed by atoms with Gasteiger partial charge >= 0.3 is 0 Å². The molecule has 0 saturated carbocycles. The van der Waals surface area contributed by atoms with E-state index >= 15 is 0 Å². The molecule has 3 heterocycles. The van der Waals surface area contributed by atoms with E-state index in [0.717, 1.165) is 12.1 Å². The predicted molar refractivity (Wildman–Crippen MR) is 100.0 cm³/mol. The van der Waals surface area contributed by atoms with Gasteiger partial charge in [0.2, 0.25) is 5.91 Å². The van der Waals surface area contributed by atoms with Crippen LogP contribution in [0.15, 0.2) is 41.2 Å². The van der Waals surface area contributed by atoms with Crippen LogP contribution in [0.25, 0.3) is 11.0 Å². The fraction of sp³-hybridized carbons (Fsp3) is 0.350. The molecule has 6 heteroatoms. The Morgan fingerprint density at radius 1 is 1.23 bits per heavy atom. The fourth-order valence-corrected chi connectivity index (χ4v) is 3.77. The van der Waals surface area contributed by atoms with Crippen LogP contribution < -0.4 is 5.56 Å². The number of fused-ring (bicyclic) bond motifs is 2. The van der Waals surface area contributed by atoms with Gasteiger partial charge in [0.1, 0.15) is 5.69 Å². The number of aromatic amines is 1. The van der Waals surface area contributed by atoms with Crippen LogP contribution in [0.5, 0.6) is 0 Å². The van der Waals surface area contributed by atoms with Crippen molar-refractivity contribution in [3.63, 3.8) is 0 Å². The summed E-state index contributed by atoms with van der Waals surface area (Å²) < 4.78 is 2.27. The summed E-state index contributed by atoms with van der Waals surface area (Å²) in [6.07, 6.45) is 0.640. The lowest BCUT2D eigenvalue weighted by Gasteiger charge is -2.35. The average Bonchev–Trinajstić information content (AvgIpc) is 3.02. The third-order valence-electron chi connectivity index (χ3n) is 5.26. The summed E-state index contributed by atoms with van der Waals surface area (Å²) in [5.41, 5.74) is 4.06. The molecule has 0 bridgehead atoms. The van der Waals surface area contributed by atoms with Crippen LogP contribution in [0.1, 0.15) is 36.5 Å². The lowest BCUT2D eigenvalue weighted by atomic mass is 10.1. The van der Waals surface area contributed by atoms with E-state index in [-0.39, 0.29) is 17.5 Å². The van der Waals surface area contributed by atoms with Gasteiger partial charge in [-0.15, -0.1) is 0 Å². The van der Waals surface area contributed by atoms with E-state index in [1.54, 1.807) is 0 Å². The first-order valence-corrected chi connectivity index (χ1v) is 8.98. The minimum absolute atomic E-state index is 0.0489. The van der Waals surface area contributed by atoms with Crippen LogP contribution in [0.2, 0.25) is 0 Å². The molecule has 0 aliphatic carbocycles. The van der Waals surface area contributed by atoms with Gasteiger partial charge in [0.15, 0.2) is 0 Å². The van der Waals surface area contributed by atoms with Crippen molar-refractivity contribution >= 4 is 16.9 Å². The fourth-order valence-electron chi connectivity index (χ4n) is 3.77. The maximum atomic E-state index is 12.7. The number of hydrogen-bond acceptors (Lipinski definition) is 3. The Balaban J connectivity index is 1.49. The molecular formula is C20H22N4O2. The number of rotatable bonds is 3. The van der Waals surface area contributed by atoms with Crippen LogP contribution in [0, 0.1) is 6.92 Å². The highest BCUT2D eigenvalue weighted by Crippen LogP contribution is 2.27. The third-order valence-corrected chi connectivity index (χ3v) is 5.26. The molecule has 2 aromatic heterocycles. The van der Waals surface area contributed by atoms with E-state index in [1.165, 1.54) is 11.4 Å². The summed E-state index contributed by atoms with van der Waals surface area (Å²) in [6, 6.07) is 11.7. The van der Waals surface area contributed by atoms with Crippen molar-refractivity contribution in [2.75, 3.05) is 6.54 Å². The highest BCUT2D eigenvalue weighted by molar-refractivity contribution is 5.77. The Morgan fingerprint density at radius 2 is 2.04 bits per heavy atom. The minimum atomic E-state index is -0.215. The average molecular weight is 350 g/mol. The smallest absolute Gasteiger partial charge is 0.270 e. The molecule has 1 aliphatic rings. The quantitative estimate of drug-likeness (QED) is 0.789. The topological polar surface area (TPSA) is 71.0 Å². The van der Waals surface area contributed by atoms with Gasteiger partial charge < -0.3 is 14.5 Å². The van der Waals surface area contributed by atoms with Gasteiger partial charge in [-0.1, -0.05) is 12.1 Å². The zero-order valence-electron chi connectivity index (χ0n) is 15.0. The van der Waals surface area contributed by atoms with Crippen LogP contribution in [-0.4, -0.2) is 31.9 Å². The van der Waals surface area contributed by atoms with E-state index in [1.807, 2.05) is 29.2 Å². The molecule has 1 atom stereocenters. The highest BCUT2D eigenvalue weighted by Gasteiger charge is 2.28. The maximum Gasteiger partial charge on any atom is 0.270 e. The SMILES string of the molecule is Cc1ccc2n1CCN(C(=O)CCc1nc3ccccc3[nH]c1=O)[C@@H]2C. The molecule has 4 rings (SSSR count). The van der Waals surface area contributed by atoms with Crippen molar-refractivity contribution in [2.24, 2.45) is 0 Å². The summed E-state index contributed by atoms with van der Waals surface area (Å²) in [6.45, 7) is 5.66. The van der Waals surface area contributed by atoms with E-state index in [0.29, 0.717) is 30.6 Å². The number of H-pyrrole nitrogens is 1. The van der Waals surface area contributed by atoms with Gasteiger partial charge in [0, 0.05) is 37.3 Å². The van der Waals surface area contributed by atoms with Gasteiger partial charge in [-0.25, -0.2) is 4.98 Å². The van der Waals surface area contributed by atoms with Gasteiger partial charge in [-0.2, -0.15) is 0 Å². The summed E-state index contributed by atoms with van der Waals surface area (Å²) in [5.74, 6) is 0.0666. The van der Waals surface area contributed by atoms with E-state index in [2.05, 4.69) is 40.5 Å². The second-order valence-corrected chi connectivity index (χ2v) is 6.84. The number of nitrogens with zero attached hydrogens (tertiary/aromatic N) is 3. The first-order valence-electron chi connectivity index (χ1n) is 8.98. The molecule has 6 nitrogen and oxygen atoms in total. The van der Waals surface area contributed by atoms with Crippen molar-refractivity contribution in [1.82, 2.24) is 19.4 Å². The van der Waals surface area contributed by atoms with Gasteiger partial charge in [-0.3, -0.25) is 9.59 Å². The Labute approximate surface area is 151 Å². The third kappa shape index (κ3) is 2.81. The van der Waals surface area contributed by atoms with E-state index in [9.17, 15) is 9.59 Å². The van der Waals surface area contributed by atoms with Crippen molar-refractivity contribution < 1.29 is 4.79 Å². The number of carbonyl (C=O) groups excluding carboxylic acids is 1. The zero-order valence-corrected chi connectivity index (χ0v) is 15.0. The lowest BCUT2D eigenvalue weighted by molar-refractivity contribution is -0.134. The summed E-state index contributed by atoms with van der Waals surface area (Å²) in [4.78, 5) is 34.1. The molecule has 0 fully saturated rings. The number of aryl methyl sites for hydroxylation is 2. The van der Waals surface area contributed by atoms with Crippen LogP contribution in [0.4, 0.5) is 0 Å². The molecule has 0 saturated heterocycles. The number of aromatic nitrogens is 3. The second-order valence-electron chi connectivity index (χ2n) is 6.84. The van der Waals surface area contributed by atoms with Crippen LogP contribution >= 0.6 is 0 Å². The Morgan fingerprint density at radius 3 is 2.88 bits per heavy atom. The van der Waals surface area contributed by atoms with Crippen molar-refractivity contribution in [3.8, 4) is 0 Å². The number of hydrogen-bond donors (Lipinski definition) is 1. The molecule has 0 spiro atoms. The van der Waals surface area contributed by atoms with Gasteiger partial charge in [0.25, 0.3) is 5.56 Å². The van der Waals surface area contributed by atoms with Crippen molar-refractivity contribution in [2.45, 2.75) is 39.3 Å². The molecular weight excluding hydrogens is 328 g/mol. The first-order chi connectivity index (χ1) is 12.5. The molecule has 1 amide bonds. The number of carbonyl (C=O) groups is 1. The Bertz CT molecular complexity index is 1030. The molecule has 26 heavy (non-hydrogen) atoms. The standard InChI is InChI=1S/C20H22N4O2/c1-13-7-9-18-14(2)24(12-11-23(13)18)19(25)10-8-17-20(26)22-16-6-4-3-5-15(16)21-17/h3-7,9,14H,8,10-12H2,1-2H3,(H,22,26)/t14-/m1/s1. The molecule has 0 unspecified atom stereocenters. The van der Waals surface area contributed by atoms with Crippen molar-refractivity contribution in [1.29, 1.82) is 0 Å². The predicted octanol–water partition coefficient (Wildman–Crippen LogP) is 2.57. The lowest BCUT2D eigenvalue weighted by Crippen LogP contribution is -2.41. The zero-order chi connectivity index (χ0) is 18.3. The highest BCUT2D eigenvalue weighted by atomic mass is 16.2. The number of para-hydroxylation sites is 2. The Hall–Kier alpha value is -2.89. The summed E-state index contributed by atoms with van der Waals surface area (Å²) >= 11 is 0. The Kier molecular flexibility index (Phi) is 4.11. The van der Waals surface area contributed by atoms with Crippen LogP contribution in [-0.2, 0) is 17.8 Å². The van der Waals surface area contributed by atoms with Gasteiger partial charge in [0.05, 0.1) is 17.1 Å². The summed E-state index contributed by atoms with van der Waals surface area (Å²) in [5, 5.41) is 0. The molecule has 0 radical (unpaired) electrons. The monoisotopic (exact) mass is 350 g/mol. The number of nitrogens with one attached hydrogen (secondary N) is 1. The molecule has 1 aliphatic heterocycles. The number of amides is 1. The first kappa shape index (κ1) is 16.6. The molecule has 3 aromatic rings. The summed E-state index contributed by atoms with van der Waals surface area (Å²) in [7, 11) is 0.